The third-order valence-corrected chi connectivity index (χ3v) is 4.59. The zero-order valence-corrected chi connectivity index (χ0v) is 13.3. The molecule has 7 heteroatoms. The first kappa shape index (κ1) is 15.3. The van der Waals surface area contributed by atoms with Crippen LogP contribution in [0.15, 0.2) is 16.6 Å². The molecule has 1 aromatic rings. The molecule has 1 heterocycles. The second kappa shape index (κ2) is 6.13. The van der Waals surface area contributed by atoms with Crippen molar-refractivity contribution in [1.82, 2.24) is 0 Å². The van der Waals surface area contributed by atoms with Gasteiger partial charge in [0.1, 0.15) is 5.82 Å². The van der Waals surface area contributed by atoms with Gasteiger partial charge in [0, 0.05) is 30.1 Å². The number of anilines is 2. The number of nitrogens with zero attached hydrogens (tertiary/aromatic N) is 1. The summed E-state index contributed by atoms with van der Waals surface area (Å²) in [6.07, 6.45) is 0.355. The molecular weight excluding hydrogens is 347 g/mol. The van der Waals surface area contributed by atoms with Crippen LogP contribution in [0.1, 0.15) is 13.3 Å². The summed E-state index contributed by atoms with van der Waals surface area (Å²) in [4.78, 5) is 24.5. The predicted octanol–water partition coefficient (Wildman–Crippen LogP) is 2.80. The molecule has 1 unspecified atom stereocenters. The van der Waals surface area contributed by atoms with Crippen LogP contribution in [0, 0.1) is 11.7 Å². The van der Waals surface area contributed by atoms with E-state index in [9.17, 15) is 14.0 Å². The Kier molecular flexibility index (Phi) is 4.70. The molecule has 1 atom stereocenters. The zero-order chi connectivity index (χ0) is 14.9. The Labute approximate surface area is 129 Å². The van der Waals surface area contributed by atoms with Crippen molar-refractivity contribution in [3.8, 4) is 0 Å². The number of hydrogen-bond acceptors (Lipinski definition) is 4. The number of benzene rings is 1. The maximum atomic E-state index is 13.6. The lowest BCUT2D eigenvalue weighted by Crippen LogP contribution is -2.26. The molecule has 1 amide bonds. The van der Waals surface area contributed by atoms with Crippen LogP contribution >= 0.6 is 27.7 Å². The number of nitrogen functional groups attached to an aromatic ring is 1. The molecule has 1 aliphatic rings. The Morgan fingerprint density at radius 1 is 1.60 bits per heavy atom. The van der Waals surface area contributed by atoms with Crippen molar-refractivity contribution in [3.63, 3.8) is 0 Å². The van der Waals surface area contributed by atoms with E-state index < -0.39 is 5.82 Å². The van der Waals surface area contributed by atoms with E-state index in [0.717, 1.165) is 0 Å². The monoisotopic (exact) mass is 360 g/mol. The SMILES string of the molecule is CC(=O)SCC1CC(=O)N(c2cc(Br)cc(F)c2N)C1. The molecule has 2 N–H and O–H groups in total. The molecule has 1 aliphatic heterocycles. The van der Waals surface area contributed by atoms with Gasteiger partial charge in [-0.25, -0.2) is 4.39 Å². The smallest absolute Gasteiger partial charge is 0.227 e. The van der Waals surface area contributed by atoms with Gasteiger partial charge in [-0.2, -0.15) is 0 Å². The topological polar surface area (TPSA) is 63.4 Å². The molecule has 0 bridgehead atoms. The highest BCUT2D eigenvalue weighted by Gasteiger charge is 2.32. The van der Waals surface area contributed by atoms with Crippen molar-refractivity contribution in [2.24, 2.45) is 5.92 Å². The second-order valence-corrected chi connectivity index (χ2v) is 6.81. The summed E-state index contributed by atoms with van der Waals surface area (Å²) in [5.74, 6) is 0.0264. The summed E-state index contributed by atoms with van der Waals surface area (Å²) in [5, 5.41) is 0.0314. The van der Waals surface area contributed by atoms with Gasteiger partial charge in [0.15, 0.2) is 5.12 Å². The van der Waals surface area contributed by atoms with Crippen molar-refractivity contribution in [1.29, 1.82) is 0 Å². The van der Waals surface area contributed by atoms with Gasteiger partial charge in [0.25, 0.3) is 0 Å². The summed E-state index contributed by atoms with van der Waals surface area (Å²) in [5.41, 5.74) is 6.07. The quantitative estimate of drug-likeness (QED) is 0.841. The summed E-state index contributed by atoms with van der Waals surface area (Å²) in [6, 6.07) is 2.90. The minimum Gasteiger partial charge on any atom is -0.395 e. The van der Waals surface area contributed by atoms with E-state index in [4.69, 9.17) is 5.73 Å². The summed E-state index contributed by atoms with van der Waals surface area (Å²) >= 11 is 4.40. The molecule has 2 rings (SSSR count). The van der Waals surface area contributed by atoms with Crippen molar-refractivity contribution in [3.05, 3.63) is 22.4 Å². The van der Waals surface area contributed by atoms with E-state index in [0.29, 0.717) is 28.9 Å². The van der Waals surface area contributed by atoms with Gasteiger partial charge in [-0.15, -0.1) is 0 Å². The van der Waals surface area contributed by atoms with Crippen LogP contribution in [0.3, 0.4) is 0 Å². The molecule has 0 aliphatic carbocycles. The van der Waals surface area contributed by atoms with Crippen molar-refractivity contribution < 1.29 is 14.0 Å². The molecule has 0 saturated carbocycles. The lowest BCUT2D eigenvalue weighted by molar-refractivity contribution is -0.117. The van der Waals surface area contributed by atoms with Gasteiger partial charge in [-0.05, 0) is 18.1 Å². The molecule has 0 radical (unpaired) electrons. The van der Waals surface area contributed by atoms with Crippen molar-refractivity contribution in [2.75, 3.05) is 22.9 Å². The number of hydrogen-bond donors (Lipinski definition) is 1. The van der Waals surface area contributed by atoms with Gasteiger partial charge in [0.05, 0.1) is 11.4 Å². The van der Waals surface area contributed by atoms with E-state index in [2.05, 4.69) is 15.9 Å². The number of rotatable bonds is 3. The minimum absolute atomic E-state index is 0.0265. The fourth-order valence-corrected chi connectivity index (χ4v) is 3.27. The lowest BCUT2D eigenvalue weighted by Gasteiger charge is -2.19. The lowest BCUT2D eigenvalue weighted by atomic mass is 10.1. The summed E-state index contributed by atoms with van der Waals surface area (Å²) in [7, 11) is 0. The maximum Gasteiger partial charge on any atom is 0.227 e. The van der Waals surface area contributed by atoms with E-state index in [1.807, 2.05) is 0 Å². The van der Waals surface area contributed by atoms with Crippen LogP contribution in [0.2, 0.25) is 0 Å². The van der Waals surface area contributed by atoms with Crippen LogP contribution in [-0.2, 0) is 9.59 Å². The van der Waals surface area contributed by atoms with Crippen LogP contribution in [0.4, 0.5) is 15.8 Å². The molecule has 108 valence electrons. The fourth-order valence-electron chi connectivity index (χ4n) is 2.16. The standard InChI is InChI=1S/C13H14BrFN2O2S/c1-7(18)20-6-8-2-12(19)17(5-8)11-4-9(14)3-10(15)13(11)16/h3-4,8H,2,5-6,16H2,1H3. The van der Waals surface area contributed by atoms with Crippen LogP contribution in [0.5, 0.6) is 0 Å². The first-order chi connectivity index (χ1) is 9.38. The first-order valence-corrected chi connectivity index (χ1v) is 7.84. The van der Waals surface area contributed by atoms with E-state index in [-0.39, 0.29) is 22.6 Å². The molecule has 20 heavy (non-hydrogen) atoms. The predicted molar refractivity (Wildman–Crippen MR) is 82.1 cm³/mol. The van der Waals surface area contributed by atoms with Crippen molar-refractivity contribution >= 4 is 50.1 Å². The van der Waals surface area contributed by atoms with Gasteiger partial charge < -0.3 is 10.6 Å². The summed E-state index contributed by atoms with van der Waals surface area (Å²) in [6.45, 7) is 1.96. The number of thioether (sulfide) groups is 1. The molecule has 1 saturated heterocycles. The zero-order valence-electron chi connectivity index (χ0n) is 10.9. The highest BCUT2D eigenvalue weighted by molar-refractivity contribution is 9.10. The minimum atomic E-state index is -0.552. The largest absolute Gasteiger partial charge is 0.395 e. The van der Waals surface area contributed by atoms with Gasteiger partial charge >= 0.3 is 0 Å². The van der Waals surface area contributed by atoms with Gasteiger partial charge in [-0.3, -0.25) is 9.59 Å². The highest BCUT2D eigenvalue weighted by Crippen LogP contribution is 2.34. The Morgan fingerprint density at radius 3 is 2.95 bits per heavy atom. The normalized spacial score (nSPS) is 18.6. The molecule has 1 aromatic carbocycles. The van der Waals surface area contributed by atoms with E-state index in [1.165, 1.54) is 29.7 Å². The van der Waals surface area contributed by atoms with Gasteiger partial charge in [-0.1, -0.05) is 27.7 Å². The number of nitrogens with two attached hydrogens (primary N) is 1. The molecular formula is C13H14BrFN2O2S. The fraction of sp³-hybridized carbons (Fsp3) is 0.385. The molecule has 4 nitrogen and oxygen atoms in total. The number of halogens is 2. The van der Waals surface area contributed by atoms with Crippen molar-refractivity contribution in [2.45, 2.75) is 13.3 Å². The third kappa shape index (κ3) is 3.32. The summed E-state index contributed by atoms with van der Waals surface area (Å²) < 4.78 is 14.2. The molecule has 0 spiro atoms. The molecule has 0 aromatic heterocycles. The van der Waals surface area contributed by atoms with Crippen LogP contribution < -0.4 is 10.6 Å². The van der Waals surface area contributed by atoms with E-state index >= 15 is 0 Å². The van der Waals surface area contributed by atoms with Crippen LogP contribution in [0.25, 0.3) is 0 Å². The third-order valence-electron chi connectivity index (χ3n) is 3.09. The number of amides is 1. The average Bonchev–Trinajstić information content (AvgIpc) is 2.72. The maximum absolute atomic E-state index is 13.6. The average molecular weight is 361 g/mol. The highest BCUT2D eigenvalue weighted by atomic mass is 79.9. The Balaban J connectivity index is 2.18. The second-order valence-electron chi connectivity index (χ2n) is 4.70. The van der Waals surface area contributed by atoms with Crippen LogP contribution in [-0.4, -0.2) is 23.3 Å². The Bertz CT molecular complexity index is 568. The van der Waals surface area contributed by atoms with E-state index in [1.54, 1.807) is 6.07 Å². The Hall–Kier alpha value is -1.08. The van der Waals surface area contributed by atoms with Gasteiger partial charge in [0.2, 0.25) is 5.91 Å². The number of carbonyl (C=O) groups excluding carboxylic acids is 2. The Morgan fingerprint density at radius 2 is 2.30 bits per heavy atom. The number of carbonyl (C=O) groups is 2. The molecule has 1 fully saturated rings. The first-order valence-electron chi connectivity index (χ1n) is 6.06.